The van der Waals surface area contributed by atoms with Crippen LogP contribution in [0.1, 0.15) is 84.5 Å². The minimum absolute atomic E-state index is 0.468. The smallest absolute Gasteiger partial charge is 0.232 e. The van der Waals surface area contributed by atoms with Crippen LogP contribution in [-0.4, -0.2) is 46.8 Å². The van der Waals surface area contributed by atoms with Crippen LogP contribution in [0, 0.1) is 5.92 Å². The first-order chi connectivity index (χ1) is 15.1. The Morgan fingerprint density at radius 2 is 1.65 bits per heavy atom. The van der Waals surface area contributed by atoms with Crippen molar-refractivity contribution >= 4 is 34.9 Å². The Balaban J connectivity index is 1.52. The Hall–Kier alpha value is -1.63. The predicted molar refractivity (Wildman–Crippen MR) is 134 cm³/mol. The van der Waals surface area contributed by atoms with Crippen LogP contribution in [0.25, 0.3) is 0 Å². The van der Waals surface area contributed by atoms with Crippen LogP contribution in [-0.2, 0) is 0 Å². The first-order valence-corrected chi connectivity index (χ1v) is 13.0. The van der Waals surface area contributed by atoms with E-state index in [1.54, 1.807) is 0 Å². The molecule has 1 saturated carbocycles. The van der Waals surface area contributed by atoms with E-state index in [1.165, 1.54) is 70.6 Å². The summed E-state index contributed by atoms with van der Waals surface area (Å²) in [5.74, 6) is 3.41. The molecule has 2 aliphatic heterocycles. The van der Waals surface area contributed by atoms with Crippen LogP contribution in [0.3, 0.4) is 0 Å². The van der Waals surface area contributed by atoms with Crippen molar-refractivity contribution in [3.8, 4) is 0 Å². The molecule has 0 amide bonds. The minimum Gasteiger partial charge on any atom is -0.360 e. The summed E-state index contributed by atoms with van der Waals surface area (Å²) < 4.78 is 0. The number of hydrogen-bond acceptors (Lipinski definition) is 5. The number of anilines is 3. The standard InChI is InChI=1S/C24H40N6S/c1-18-10-9-14-29(17-18)21-16-22(30-15-8-7-11-19(30)2)27-23(26-21)28-24(31)25-20-12-5-3-4-6-13-20/h16,18-20H,3-15,17H2,1-2H3,(H2,25,26,27,28,31)/t18-,19-/m1/s1. The van der Waals surface area contributed by atoms with E-state index in [-0.39, 0.29) is 0 Å². The lowest BCUT2D eigenvalue weighted by atomic mass is 10.0. The zero-order valence-electron chi connectivity index (χ0n) is 19.4. The van der Waals surface area contributed by atoms with Crippen LogP contribution in [0.5, 0.6) is 0 Å². The van der Waals surface area contributed by atoms with Gasteiger partial charge in [-0.05, 0) is 70.0 Å². The number of hydrogen-bond donors (Lipinski definition) is 2. The monoisotopic (exact) mass is 444 g/mol. The highest BCUT2D eigenvalue weighted by molar-refractivity contribution is 7.80. The van der Waals surface area contributed by atoms with Crippen LogP contribution < -0.4 is 20.4 Å². The second kappa shape index (κ2) is 10.8. The number of nitrogens with zero attached hydrogens (tertiary/aromatic N) is 4. The molecule has 3 fully saturated rings. The molecule has 0 spiro atoms. The van der Waals surface area contributed by atoms with E-state index in [0.29, 0.717) is 29.1 Å². The molecular weight excluding hydrogens is 404 g/mol. The van der Waals surface area contributed by atoms with Gasteiger partial charge in [-0.3, -0.25) is 0 Å². The SMILES string of the molecule is C[C@@H]1CCCN(c2cc(N3CCCC[C@H]3C)nc(NC(=S)NC3CCCCCC3)n2)C1. The maximum Gasteiger partial charge on any atom is 0.232 e. The molecular formula is C24H40N6S. The van der Waals surface area contributed by atoms with Gasteiger partial charge in [0.1, 0.15) is 11.6 Å². The molecule has 172 valence electrons. The average molecular weight is 445 g/mol. The van der Waals surface area contributed by atoms with Crippen LogP contribution in [0.15, 0.2) is 6.07 Å². The van der Waals surface area contributed by atoms with E-state index < -0.39 is 0 Å². The minimum atomic E-state index is 0.468. The first-order valence-electron chi connectivity index (χ1n) is 12.6. The third kappa shape index (κ3) is 6.21. The van der Waals surface area contributed by atoms with Crippen LogP contribution in [0.4, 0.5) is 17.6 Å². The molecule has 3 heterocycles. The molecule has 0 radical (unpaired) electrons. The number of thiocarbonyl (C=S) groups is 1. The van der Waals surface area contributed by atoms with Crippen LogP contribution >= 0.6 is 12.2 Å². The summed E-state index contributed by atoms with van der Waals surface area (Å²) in [5.41, 5.74) is 0. The molecule has 0 bridgehead atoms. The van der Waals surface area contributed by atoms with Gasteiger partial charge in [-0.2, -0.15) is 9.97 Å². The Morgan fingerprint density at radius 1 is 0.903 bits per heavy atom. The molecule has 4 rings (SSSR count). The summed E-state index contributed by atoms with van der Waals surface area (Å²) >= 11 is 5.67. The maximum atomic E-state index is 5.67. The molecule has 0 aromatic carbocycles. The van der Waals surface area contributed by atoms with Crippen molar-refractivity contribution in [3.05, 3.63) is 6.07 Å². The van der Waals surface area contributed by atoms with Gasteiger partial charge in [-0.25, -0.2) is 0 Å². The van der Waals surface area contributed by atoms with E-state index in [1.807, 2.05) is 0 Å². The molecule has 2 atom stereocenters. The van der Waals surface area contributed by atoms with Gasteiger partial charge in [0.2, 0.25) is 5.95 Å². The summed E-state index contributed by atoms with van der Waals surface area (Å²) in [7, 11) is 0. The summed E-state index contributed by atoms with van der Waals surface area (Å²) in [5, 5.41) is 7.53. The molecule has 31 heavy (non-hydrogen) atoms. The molecule has 1 aromatic rings. The molecule has 7 heteroatoms. The van der Waals surface area contributed by atoms with Crippen molar-refractivity contribution in [2.24, 2.45) is 5.92 Å². The highest BCUT2D eigenvalue weighted by Gasteiger charge is 2.24. The Labute approximate surface area is 193 Å². The Bertz CT molecular complexity index is 733. The van der Waals surface area contributed by atoms with Gasteiger partial charge in [-0.1, -0.05) is 32.6 Å². The molecule has 2 saturated heterocycles. The van der Waals surface area contributed by atoms with Crippen molar-refractivity contribution < 1.29 is 0 Å². The largest absolute Gasteiger partial charge is 0.360 e. The first kappa shape index (κ1) is 22.6. The maximum absolute atomic E-state index is 5.67. The highest BCUT2D eigenvalue weighted by Crippen LogP contribution is 2.29. The van der Waals surface area contributed by atoms with Gasteiger partial charge in [-0.15, -0.1) is 0 Å². The third-order valence-corrected chi connectivity index (χ3v) is 7.41. The van der Waals surface area contributed by atoms with E-state index in [4.69, 9.17) is 22.2 Å². The van der Waals surface area contributed by atoms with Gasteiger partial charge < -0.3 is 20.4 Å². The molecule has 3 aliphatic rings. The number of piperidine rings is 2. The summed E-state index contributed by atoms with van der Waals surface area (Å²) in [6.45, 7) is 7.86. The van der Waals surface area contributed by atoms with Crippen LogP contribution in [0.2, 0.25) is 0 Å². The van der Waals surface area contributed by atoms with Gasteiger partial charge in [0.05, 0.1) is 0 Å². The Morgan fingerprint density at radius 3 is 2.39 bits per heavy atom. The second-order valence-corrected chi connectivity index (χ2v) is 10.3. The van der Waals surface area contributed by atoms with Crippen molar-refractivity contribution in [3.63, 3.8) is 0 Å². The molecule has 2 N–H and O–H groups in total. The average Bonchev–Trinajstić information content (AvgIpc) is 3.02. The number of nitrogens with one attached hydrogen (secondary N) is 2. The number of aromatic nitrogens is 2. The van der Waals surface area contributed by atoms with Crippen molar-refractivity contribution in [2.45, 2.75) is 96.6 Å². The fourth-order valence-corrected chi connectivity index (χ4v) is 5.63. The second-order valence-electron chi connectivity index (χ2n) is 9.93. The highest BCUT2D eigenvalue weighted by atomic mass is 32.1. The lowest BCUT2D eigenvalue weighted by Crippen LogP contribution is -2.40. The van der Waals surface area contributed by atoms with Gasteiger partial charge in [0.25, 0.3) is 0 Å². The van der Waals surface area contributed by atoms with E-state index in [9.17, 15) is 0 Å². The lowest BCUT2D eigenvalue weighted by molar-refractivity contribution is 0.444. The summed E-state index contributed by atoms with van der Waals surface area (Å²) in [6.07, 6.45) is 14.0. The third-order valence-electron chi connectivity index (χ3n) is 7.19. The zero-order valence-corrected chi connectivity index (χ0v) is 20.2. The van der Waals surface area contributed by atoms with E-state index in [2.05, 4.69) is 40.3 Å². The zero-order chi connectivity index (χ0) is 21.6. The topological polar surface area (TPSA) is 56.3 Å². The normalized spacial score (nSPS) is 25.7. The summed E-state index contributed by atoms with van der Waals surface area (Å²) in [4.78, 5) is 14.7. The fraction of sp³-hybridized carbons (Fsp3) is 0.792. The number of rotatable bonds is 4. The molecule has 1 aliphatic carbocycles. The predicted octanol–water partition coefficient (Wildman–Crippen LogP) is 5.10. The van der Waals surface area contributed by atoms with E-state index >= 15 is 0 Å². The van der Waals surface area contributed by atoms with Gasteiger partial charge in [0.15, 0.2) is 5.11 Å². The fourth-order valence-electron chi connectivity index (χ4n) is 5.37. The van der Waals surface area contributed by atoms with Crippen molar-refractivity contribution in [2.75, 3.05) is 34.8 Å². The van der Waals surface area contributed by atoms with Gasteiger partial charge >= 0.3 is 0 Å². The Kier molecular flexibility index (Phi) is 7.86. The van der Waals surface area contributed by atoms with E-state index in [0.717, 1.165) is 31.3 Å². The van der Waals surface area contributed by atoms with Crippen molar-refractivity contribution in [1.82, 2.24) is 15.3 Å². The molecule has 6 nitrogen and oxygen atoms in total. The van der Waals surface area contributed by atoms with Gasteiger partial charge in [0, 0.05) is 37.8 Å². The lowest BCUT2D eigenvalue weighted by Gasteiger charge is -2.36. The summed E-state index contributed by atoms with van der Waals surface area (Å²) in [6, 6.07) is 3.18. The molecule has 1 aromatic heterocycles. The quantitative estimate of drug-likeness (QED) is 0.495. The van der Waals surface area contributed by atoms with Crippen molar-refractivity contribution in [1.29, 1.82) is 0 Å². The molecule has 0 unspecified atom stereocenters.